The van der Waals surface area contributed by atoms with Crippen LogP contribution in [0.3, 0.4) is 0 Å². The molecule has 0 aromatic heterocycles. The fraction of sp³-hybridized carbons (Fsp3) is 0.417. The van der Waals surface area contributed by atoms with E-state index < -0.39 is 23.1 Å². The van der Waals surface area contributed by atoms with Crippen LogP contribution in [0.5, 0.6) is 0 Å². The third-order valence-corrected chi connectivity index (χ3v) is 3.06. The maximum atomic E-state index is 11.8. The van der Waals surface area contributed by atoms with E-state index in [-0.39, 0.29) is 24.7 Å². The van der Waals surface area contributed by atoms with Crippen molar-refractivity contribution in [2.24, 2.45) is 5.14 Å². The highest BCUT2D eigenvalue weighted by molar-refractivity contribution is 7.88. The molecule has 21 heavy (non-hydrogen) atoms. The number of rotatable bonds is 8. The van der Waals surface area contributed by atoms with E-state index in [9.17, 15) is 22.0 Å². The van der Waals surface area contributed by atoms with Gasteiger partial charge in [-0.2, -0.15) is 0 Å². The average Bonchev–Trinajstić information content (AvgIpc) is 2.35. The Hall–Kier alpha value is -1.58. The lowest BCUT2D eigenvalue weighted by Gasteiger charge is -2.07. The molecule has 6 nitrogen and oxygen atoms in total. The smallest absolute Gasteiger partial charge is 0.261 e. The molecule has 0 heterocycles. The van der Waals surface area contributed by atoms with Crippen LogP contribution in [-0.2, 0) is 25.3 Å². The molecule has 9 heteroatoms. The largest absolute Gasteiger partial charge is 0.375 e. The molecule has 0 bridgehead atoms. The van der Waals surface area contributed by atoms with E-state index in [4.69, 9.17) is 5.14 Å². The SMILES string of the molecule is NS(=O)(=O)Cc1ccc(NC(=O)CCOCC(F)F)cc1. The third kappa shape index (κ3) is 8.33. The molecular formula is C12H16F2N2O4S. The molecule has 0 radical (unpaired) electrons. The van der Waals surface area contributed by atoms with Gasteiger partial charge in [-0.05, 0) is 17.7 Å². The Morgan fingerprint density at radius 2 is 1.90 bits per heavy atom. The van der Waals surface area contributed by atoms with Crippen molar-refractivity contribution in [1.82, 2.24) is 0 Å². The molecule has 0 fully saturated rings. The number of sulfonamides is 1. The molecule has 1 aromatic rings. The standard InChI is InChI=1S/C12H16F2N2O4S/c13-11(14)7-20-6-5-12(17)16-10-3-1-9(2-4-10)8-21(15,18)19/h1-4,11H,5-8H2,(H,16,17)(H2,15,18,19). The lowest BCUT2D eigenvalue weighted by atomic mass is 10.2. The molecule has 0 unspecified atom stereocenters. The van der Waals surface area contributed by atoms with Gasteiger partial charge in [0.25, 0.3) is 6.43 Å². The normalized spacial score (nSPS) is 11.6. The number of benzene rings is 1. The number of primary sulfonamides is 1. The highest BCUT2D eigenvalue weighted by atomic mass is 32.2. The number of hydrogen-bond acceptors (Lipinski definition) is 4. The maximum Gasteiger partial charge on any atom is 0.261 e. The molecule has 0 aliphatic rings. The Bertz CT molecular complexity index is 561. The van der Waals surface area contributed by atoms with Gasteiger partial charge < -0.3 is 10.1 Å². The molecule has 0 saturated carbocycles. The highest BCUT2D eigenvalue weighted by Gasteiger charge is 2.07. The molecule has 0 spiro atoms. The van der Waals surface area contributed by atoms with Gasteiger partial charge in [0.15, 0.2) is 0 Å². The Balaban J connectivity index is 2.39. The number of amides is 1. The number of ether oxygens (including phenoxy) is 1. The molecule has 1 aromatic carbocycles. The van der Waals surface area contributed by atoms with E-state index in [1.54, 1.807) is 0 Å². The van der Waals surface area contributed by atoms with Gasteiger partial charge in [0.05, 0.1) is 18.8 Å². The lowest BCUT2D eigenvalue weighted by molar-refractivity contribution is -0.117. The first-order valence-electron chi connectivity index (χ1n) is 6.01. The second-order valence-corrected chi connectivity index (χ2v) is 5.88. The van der Waals surface area contributed by atoms with Crippen molar-refractivity contribution >= 4 is 21.6 Å². The van der Waals surface area contributed by atoms with Crippen molar-refractivity contribution in [3.8, 4) is 0 Å². The van der Waals surface area contributed by atoms with Crippen LogP contribution >= 0.6 is 0 Å². The molecule has 3 N–H and O–H groups in total. The first-order valence-corrected chi connectivity index (χ1v) is 7.73. The zero-order valence-electron chi connectivity index (χ0n) is 11.1. The Kier molecular flexibility index (Phi) is 6.66. The minimum Gasteiger partial charge on any atom is -0.375 e. The maximum absolute atomic E-state index is 11.8. The summed E-state index contributed by atoms with van der Waals surface area (Å²) in [6.07, 6.45) is -2.61. The Morgan fingerprint density at radius 1 is 1.29 bits per heavy atom. The predicted molar refractivity (Wildman–Crippen MR) is 73.3 cm³/mol. The first-order chi connectivity index (χ1) is 9.76. The van der Waals surface area contributed by atoms with Crippen LogP contribution in [0, 0.1) is 0 Å². The van der Waals surface area contributed by atoms with E-state index in [1.807, 2.05) is 0 Å². The van der Waals surface area contributed by atoms with Gasteiger partial charge in [-0.3, -0.25) is 4.79 Å². The minimum atomic E-state index is -3.60. The van der Waals surface area contributed by atoms with E-state index >= 15 is 0 Å². The van der Waals surface area contributed by atoms with Crippen LogP contribution in [0.4, 0.5) is 14.5 Å². The summed E-state index contributed by atoms with van der Waals surface area (Å²) >= 11 is 0. The zero-order chi connectivity index (χ0) is 15.9. The number of carbonyl (C=O) groups is 1. The quantitative estimate of drug-likeness (QED) is 0.700. The van der Waals surface area contributed by atoms with E-state index in [0.717, 1.165) is 0 Å². The van der Waals surface area contributed by atoms with Crippen molar-refractivity contribution in [3.05, 3.63) is 29.8 Å². The monoisotopic (exact) mass is 322 g/mol. The number of nitrogens with two attached hydrogens (primary N) is 1. The van der Waals surface area contributed by atoms with Gasteiger partial charge in [0.1, 0.15) is 6.61 Å². The lowest BCUT2D eigenvalue weighted by Crippen LogP contribution is -2.16. The van der Waals surface area contributed by atoms with Gasteiger partial charge in [0.2, 0.25) is 15.9 Å². The molecule has 1 amide bonds. The second-order valence-electron chi connectivity index (χ2n) is 4.27. The van der Waals surface area contributed by atoms with Crippen molar-refractivity contribution in [2.75, 3.05) is 18.5 Å². The molecule has 0 aliphatic carbocycles. The molecule has 1 rings (SSSR count). The topological polar surface area (TPSA) is 98.5 Å². The fourth-order valence-electron chi connectivity index (χ4n) is 1.48. The molecule has 0 aliphatic heterocycles. The zero-order valence-corrected chi connectivity index (χ0v) is 11.9. The highest BCUT2D eigenvalue weighted by Crippen LogP contribution is 2.11. The van der Waals surface area contributed by atoms with Gasteiger partial charge in [-0.15, -0.1) is 0 Å². The van der Waals surface area contributed by atoms with Crippen molar-refractivity contribution in [2.45, 2.75) is 18.6 Å². The summed E-state index contributed by atoms with van der Waals surface area (Å²) in [7, 11) is -3.60. The number of halogens is 2. The van der Waals surface area contributed by atoms with Crippen molar-refractivity contribution in [3.63, 3.8) is 0 Å². The van der Waals surface area contributed by atoms with Crippen LogP contribution in [0.2, 0.25) is 0 Å². The van der Waals surface area contributed by atoms with Gasteiger partial charge in [-0.1, -0.05) is 12.1 Å². The summed E-state index contributed by atoms with van der Waals surface area (Å²) in [6.45, 7) is -0.796. The minimum absolute atomic E-state index is 0.0499. The Labute approximate surface area is 121 Å². The van der Waals surface area contributed by atoms with Crippen LogP contribution in [-0.4, -0.2) is 34.0 Å². The number of nitrogens with one attached hydrogen (secondary N) is 1. The number of carbonyl (C=O) groups excluding carboxylic acids is 1. The van der Waals surface area contributed by atoms with Crippen LogP contribution in [0.15, 0.2) is 24.3 Å². The van der Waals surface area contributed by atoms with Gasteiger partial charge >= 0.3 is 0 Å². The predicted octanol–water partition coefficient (Wildman–Crippen LogP) is 1.09. The van der Waals surface area contributed by atoms with Gasteiger partial charge in [0, 0.05) is 5.69 Å². The molecular weight excluding hydrogens is 306 g/mol. The van der Waals surface area contributed by atoms with Crippen molar-refractivity contribution in [1.29, 1.82) is 0 Å². The summed E-state index contributed by atoms with van der Waals surface area (Å²) in [6, 6.07) is 6.09. The number of alkyl halides is 2. The summed E-state index contributed by atoms with van der Waals surface area (Å²) < 4.78 is 50.0. The van der Waals surface area contributed by atoms with Crippen LogP contribution in [0.25, 0.3) is 0 Å². The van der Waals surface area contributed by atoms with Crippen molar-refractivity contribution < 1.29 is 26.7 Å². The van der Waals surface area contributed by atoms with Gasteiger partial charge in [-0.25, -0.2) is 22.3 Å². The van der Waals surface area contributed by atoms with E-state index in [1.165, 1.54) is 24.3 Å². The number of hydrogen-bond donors (Lipinski definition) is 2. The second kappa shape index (κ2) is 8.01. The summed E-state index contributed by atoms with van der Waals surface area (Å²) in [5.41, 5.74) is 0.961. The van der Waals surface area contributed by atoms with Crippen LogP contribution in [0.1, 0.15) is 12.0 Å². The molecule has 0 atom stereocenters. The third-order valence-electron chi connectivity index (χ3n) is 2.32. The van der Waals surface area contributed by atoms with E-state index in [2.05, 4.69) is 10.1 Å². The fourth-order valence-corrected chi connectivity index (χ4v) is 2.13. The summed E-state index contributed by atoms with van der Waals surface area (Å²) in [4.78, 5) is 11.5. The summed E-state index contributed by atoms with van der Waals surface area (Å²) in [5.74, 6) is -0.675. The van der Waals surface area contributed by atoms with E-state index in [0.29, 0.717) is 11.3 Å². The summed E-state index contributed by atoms with van der Waals surface area (Å²) in [5, 5.41) is 7.44. The molecule has 0 saturated heterocycles. The number of anilines is 1. The average molecular weight is 322 g/mol. The molecule has 118 valence electrons. The first kappa shape index (κ1) is 17.5. The van der Waals surface area contributed by atoms with Crippen LogP contribution < -0.4 is 10.5 Å². The Morgan fingerprint density at radius 3 is 2.43 bits per heavy atom.